The van der Waals surface area contributed by atoms with Crippen LogP contribution in [-0.2, 0) is 0 Å². The van der Waals surface area contributed by atoms with Crippen LogP contribution >= 0.6 is 0 Å². The maximum absolute atomic E-state index is 9.16. The average Bonchev–Trinajstić information content (AvgIpc) is 2.39. The van der Waals surface area contributed by atoms with Gasteiger partial charge in [0.2, 0.25) is 0 Å². The smallest absolute Gasteiger partial charge is 0.115 e. The first-order valence-corrected chi connectivity index (χ1v) is 7.28. The molecule has 0 aromatic heterocycles. The molecule has 0 aliphatic rings. The van der Waals surface area contributed by atoms with Gasteiger partial charge in [-0.25, -0.2) is 0 Å². The lowest BCUT2D eigenvalue weighted by atomic mass is 10.1. The number of allylic oxidation sites excluding steroid dienone is 1. The lowest BCUT2D eigenvalue weighted by molar-refractivity contribution is 0.475. The highest BCUT2D eigenvalue weighted by atomic mass is 16.3. The van der Waals surface area contributed by atoms with Crippen LogP contribution in [0.3, 0.4) is 0 Å². The number of unbranched alkanes of at least 4 members (excludes halogenated alkanes) is 7. The Hall–Kier alpha value is -1.24. The Kier molecular flexibility index (Phi) is 8.03. The fourth-order valence-electron chi connectivity index (χ4n) is 2.02. The van der Waals surface area contributed by atoms with Crippen LogP contribution < -0.4 is 0 Å². The van der Waals surface area contributed by atoms with Gasteiger partial charge in [-0.05, 0) is 30.5 Å². The van der Waals surface area contributed by atoms with Crippen molar-refractivity contribution in [3.05, 3.63) is 35.9 Å². The van der Waals surface area contributed by atoms with Crippen molar-refractivity contribution >= 4 is 6.08 Å². The second kappa shape index (κ2) is 9.76. The quantitative estimate of drug-likeness (QED) is 0.567. The van der Waals surface area contributed by atoms with Crippen molar-refractivity contribution in [1.29, 1.82) is 0 Å². The zero-order chi connectivity index (χ0) is 13.1. The van der Waals surface area contributed by atoms with Crippen LogP contribution in [0.15, 0.2) is 30.3 Å². The molecule has 0 radical (unpaired) electrons. The standard InChI is InChI=1S/C17H26O/c1-2-3-4-5-6-7-8-9-10-11-16-12-14-17(18)15-13-16/h10-15,18H,2-9H2,1H3/b11-10-. The molecular formula is C17H26O. The highest BCUT2D eigenvalue weighted by Crippen LogP contribution is 2.12. The summed E-state index contributed by atoms with van der Waals surface area (Å²) in [4.78, 5) is 0. The van der Waals surface area contributed by atoms with Crippen LogP contribution in [0.2, 0.25) is 0 Å². The molecule has 0 aliphatic carbocycles. The van der Waals surface area contributed by atoms with E-state index >= 15 is 0 Å². The van der Waals surface area contributed by atoms with Crippen LogP contribution in [0.4, 0.5) is 0 Å². The first-order chi connectivity index (χ1) is 8.83. The van der Waals surface area contributed by atoms with Crippen LogP contribution in [0.1, 0.15) is 63.9 Å². The summed E-state index contributed by atoms with van der Waals surface area (Å²) in [7, 11) is 0. The number of hydrogen-bond donors (Lipinski definition) is 1. The second-order valence-corrected chi connectivity index (χ2v) is 4.90. The Labute approximate surface area is 112 Å². The van der Waals surface area contributed by atoms with Gasteiger partial charge in [0.05, 0.1) is 0 Å². The van der Waals surface area contributed by atoms with E-state index in [1.165, 1.54) is 44.9 Å². The molecule has 0 heterocycles. The minimum atomic E-state index is 0.333. The van der Waals surface area contributed by atoms with Gasteiger partial charge in [0, 0.05) is 0 Å². The molecule has 1 heteroatoms. The maximum atomic E-state index is 9.16. The van der Waals surface area contributed by atoms with E-state index < -0.39 is 0 Å². The predicted octanol–water partition coefficient (Wildman–Crippen LogP) is 5.55. The van der Waals surface area contributed by atoms with Crippen molar-refractivity contribution < 1.29 is 5.11 Å². The van der Waals surface area contributed by atoms with E-state index in [1.807, 2.05) is 12.1 Å². The Bertz CT molecular complexity index is 324. The zero-order valence-corrected chi connectivity index (χ0v) is 11.6. The fourth-order valence-corrected chi connectivity index (χ4v) is 2.02. The zero-order valence-electron chi connectivity index (χ0n) is 11.6. The Morgan fingerprint density at radius 2 is 1.50 bits per heavy atom. The summed E-state index contributed by atoms with van der Waals surface area (Å²) in [6, 6.07) is 7.34. The highest BCUT2D eigenvalue weighted by molar-refractivity contribution is 5.50. The van der Waals surface area contributed by atoms with Gasteiger partial charge in [0.15, 0.2) is 0 Å². The Balaban J connectivity index is 2.02. The summed E-state index contributed by atoms with van der Waals surface area (Å²) in [6.07, 6.45) is 15.1. The molecule has 1 N–H and O–H groups in total. The fraction of sp³-hybridized carbons (Fsp3) is 0.529. The van der Waals surface area contributed by atoms with E-state index in [4.69, 9.17) is 5.11 Å². The van der Waals surface area contributed by atoms with E-state index in [0.29, 0.717) is 5.75 Å². The Morgan fingerprint density at radius 1 is 0.889 bits per heavy atom. The maximum Gasteiger partial charge on any atom is 0.115 e. The monoisotopic (exact) mass is 246 g/mol. The van der Waals surface area contributed by atoms with Crippen molar-refractivity contribution in [2.75, 3.05) is 0 Å². The molecule has 0 aliphatic heterocycles. The summed E-state index contributed by atoms with van der Waals surface area (Å²) in [6.45, 7) is 2.26. The molecule has 0 amide bonds. The minimum absolute atomic E-state index is 0.333. The van der Waals surface area contributed by atoms with Gasteiger partial charge in [-0.2, -0.15) is 0 Å². The molecule has 0 fully saturated rings. The van der Waals surface area contributed by atoms with Gasteiger partial charge >= 0.3 is 0 Å². The third-order valence-electron chi connectivity index (χ3n) is 3.18. The summed E-state index contributed by atoms with van der Waals surface area (Å²) < 4.78 is 0. The number of phenols is 1. The molecular weight excluding hydrogens is 220 g/mol. The van der Waals surface area contributed by atoms with Gasteiger partial charge < -0.3 is 5.11 Å². The van der Waals surface area contributed by atoms with Crippen molar-refractivity contribution in [2.45, 2.75) is 58.3 Å². The third kappa shape index (κ3) is 7.16. The normalized spacial score (nSPS) is 11.2. The molecule has 0 unspecified atom stereocenters. The van der Waals surface area contributed by atoms with Crippen LogP contribution in [0.5, 0.6) is 5.75 Å². The molecule has 0 saturated carbocycles. The van der Waals surface area contributed by atoms with Crippen LogP contribution in [0, 0.1) is 0 Å². The lowest BCUT2D eigenvalue weighted by Gasteiger charge is -1.99. The van der Waals surface area contributed by atoms with Crippen molar-refractivity contribution in [1.82, 2.24) is 0 Å². The molecule has 1 rings (SSSR count). The molecule has 1 aromatic rings. The summed E-state index contributed by atoms with van der Waals surface area (Å²) in [5.41, 5.74) is 1.16. The van der Waals surface area contributed by atoms with E-state index in [2.05, 4.69) is 19.1 Å². The highest BCUT2D eigenvalue weighted by Gasteiger charge is 1.90. The van der Waals surface area contributed by atoms with Gasteiger partial charge in [-0.1, -0.05) is 69.7 Å². The number of hydrogen-bond acceptors (Lipinski definition) is 1. The van der Waals surface area contributed by atoms with Gasteiger partial charge in [-0.3, -0.25) is 0 Å². The minimum Gasteiger partial charge on any atom is -0.508 e. The molecule has 0 spiro atoms. The van der Waals surface area contributed by atoms with Crippen LogP contribution in [-0.4, -0.2) is 5.11 Å². The summed E-state index contributed by atoms with van der Waals surface area (Å²) >= 11 is 0. The molecule has 18 heavy (non-hydrogen) atoms. The number of aromatic hydroxyl groups is 1. The predicted molar refractivity (Wildman–Crippen MR) is 79.8 cm³/mol. The van der Waals surface area contributed by atoms with E-state index in [0.717, 1.165) is 12.0 Å². The molecule has 0 bridgehead atoms. The second-order valence-electron chi connectivity index (χ2n) is 4.90. The largest absolute Gasteiger partial charge is 0.508 e. The number of rotatable bonds is 9. The van der Waals surface area contributed by atoms with E-state index in [-0.39, 0.29) is 0 Å². The average molecular weight is 246 g/mol. The SMILES string of the molecule is CCCCCCCCC/C=C\c1ccc(O)cc1. The van der Waals surface area contributed by atoms with Gasteiger partial charge in [0.25, 0.3) is 0 Å². The number of benzene rings is 1. The molecule has 1 aromatic carbocycles. The lowest BCUT2D eigenvalue weighted by Crippen LogP contribution is -1.79. The molecule has 1 nitrogen and oxygen atoms in total. The van der Waals surface area contributed by atoms with Crippen molar-refractivity contribution in [3.63, 3.8) is 0 Å². The van der Waals surface area contributed by atoms with Gasteiger partial charge in [-0.15, -0.1) is 0 Å². The summed E-state index contributed by atoms with van der Waals surface area (Å²) in [5, 5.41) is 9.16. The molecule has 100 valence electrons. The van der Waals surface area contributed by atoms with E-state index in [1.54, 1.807) is 12.1 Å². The van der Waals surface area contributed by atoms with Crippen molar-refractivity contribution in [3.8, 4) is 5.75 Å². The third-order valence-corrected chi connectivity index (χ3v) is 3.18. The van der Waals surface area contributed by atoms with E-state index in [9.17, 15) is 0 Å². The first-order valence-electron chi connectivity index (χ1n) is 7.28. The van der Waals surface area contributed by atoms with Gasteiger partial charge in [0.1, 0.15) is 5.75 Å². The Morgan fingerprint density at radius 3 is 2.17 bits per heavy atom. The topological polar surface area (TPSA) is 20.2 Å². The first kappa shape index (κ1) is 14.8. The number of phenolic OH excluding ortho intramolecular Hbond substituents is 1. The molecule has 0 saturated heterocycles. The molecule has 0 atom stereocenters. The summed E-state index contributed by atoms with van der Waals surface area (Å²) in [5.74, 6) is 0.333. The van der Waals surface area contributed by atoms with Crippen LogP contribution in [0.25, 0.3) is 6.08 Å². The van der Waals surface area contributed by atoms with Crippen molar-refractivity contribution in [2.24, 2.45) is 0 Å².